The molecule has 5 nitrogen and oxygen atoms in total. The van der Waals surface area contributed by atoms with Gasteiger partial charge >= 0.3 is 0 Å². The third-order valence-electron chi connectivity index (χ3n) is 14.4. The number of rotatable bonds is 9. The predicted molar refractivity (Wildman–Crippen MR) is 307 cm³/mol. The summed E-state index contributed by atoms with van der Waals surface area (Å²) in [6.45, 7) is 0. The highest BCUT2D eigenvalue weighted by molar-refractivity contribution is 6.22. The van der Waals surface area contributed by atoms with E-state index in [2.05, 4.69) is 270 Å². The lowest BCUT2D eigenvalue weighted by molar-refractivity contribution is 1.06. The lowest BCUT2D eigenvalue weighted by Gasteiger charge is -2.15. The average molecular weight is 944 g/mol. The molecule has 0 aliphatic rings. The van der Waals surface area contributed by atoms with Crippen molar-refractivity contribution in [3.05, 3.63) is 273 Å². The van der Waals surface area contributed by atoms with E-state index in [0.717, 1.165) is 83.4 Å². The molecule has 346 valence electrons. The predicted octanol–water partition coefficient (Wildman–Crippen LogP) is 17.7. The molecule has 0 radical (unpaired) electrons. The first-order valence-electron chi connectivity index (χ1n) is 25.1. The van der Waals surface area contributed by atoms with Crippen LogP contribution >= 0.6 is 0 Å². The lowest BCUT2D eigenvalue weighted by atomic mass is 9.95. The standard InChI is InChI=1S/C69H45N5/c1-5-20-46(21-6-1)49-38-40-50(41-39-49)67-70-68(53-27-17-26-51(44-53)47-22-7-2-8-23-47)72-69(71-67)59-31-14-16-35-61(59)74-63-37-19-33-56(66(63)58-43-42-52(45-64(58)74)48-24-9-3-10-25-48)55-32-18-36-62-65(55)57-30-13-15-34-60(57)73(62)54-28-11-4-12-29-54/h1-45H. The molecule has 0 aliphatic heterocycles. The maximum atomic E-state index is 5.41. The Bertz CT molecular complexity index is 4390. The van der Waals surface area contributed by atoms with E-state index in [1.54, 1.807) is 0 Å². The number of benzene rings is 11. The first-order chi connectivity index (χ1) is 36.7. The Hall–Kier alpha value is -9.97. The first kappa shape index (κ1) is 42.9. The second-order valence-electron chi connectivity index (χ2n) is 18.7. The summed E-state index contributed by atoms with van der Waals surface area (Å²) in [6.07, 6.45) is 0. The van der Waals surface area contributed by atoms with E-state index in [1.807, 2.05) is 12.1 Å². The van der Waals surface area contributed by atoms with Crippen LogP contribution in [0.25, 0.3) is 134 Å². The van der Waals surface area contributed by atoms with Gasteiger partial charge in [-0.05, 0) is 99.1 Å². The summed E-state index contributed by atoms with van der Waals surface area (Å²) in [6, 6.07) is 97.1. The van der Waals surface area contributed by atoms with Crippen molar-refractivity contribution >= 4 is 43.6 Å². The van der Waals surface area contributed by atoms with Crippen molar-refractivity contribution in [1.29, 1.82) is 0 Å². The summed E-state index contributed by atoms with van der Waals surface area (Å²) >= 11 is 0. The summed E-state index contributed by atoms with van der Waals surface area (Å²) in [5.41, 5.74) is 18.5. The minimum Gasteiger partial charge on any atom is -0.309 e. The molecule has 0 amide bonds. The Morgan fingerprint density at radius 1 is 0.230 bits per heavy atom. The number of hydrogen-bond acceptors (Lipinski definition) is 3. The molecule has 11 aromatic carbocycles. The number of hydrogen-bond donors (Lipinski definition) is 0. The summed E-state index contributed by atoms with van der Waals surface area (Å²) < 4.78 is 4.82. The lowest BCUT2D eigenvalue weighted by Crippen LogP contribution is -2.03. The Balaban J connectivity index is 1.01. The van der Waals surface area contributed by atoms with Gasteiger partial charge in [-0.1, -0.05) is 218 Å². The number of aromatic nitrogens is 5. The normalized spacial score (nSPS) is 11.5. The molecule has 3 heterocycles. The zero-order valence-corrected chi connectivity index (χ0v) is 40.2. The van der Waals surface area contributed by atoms with E-state index in [-0.39, 0.29) is 0 Å². The van der Waals surface area contributed by atoms with Gasteiger partial charge in [-0.2, -0.15) is 0 Å². The Kier molecular flexibility index (Phi) is 10.4. The van der Waals surface area contributed by atoms with Gasteiger partial charge < -0.3 is 9.13 Å². The SMILES string of the molecule is c1ccc(-c2ccc(-c3nc(-c4cccc(-c5ccccc5)c4)nc(-c4ccccc4-n4c5cc(-c6ccccc6)ccc5c5c(-c6cccc7c6c6ccccc6n7-c6ccccc6)cccc54)n3)cc2)cc1. The average Bonchev–Trinajstić information content (AvgIpc) is 4.02. The monoisotopic (exact) mass is 943 g/mol. The zero-order chi connectivity index (χ0) is 49.0. The van der Waals surface area contributed by atoms with Crippen molar-refractivity contribution in [1.82, 2.24) is 24.1 Å². The maximum absolute atomic E-state index is 5.41. The van der Waals surface area contributed by atoms with Crippen molar-refractivity contribution < 1.29 is 0 Å². The quantitative estimate of drug-likeness (QED) is 0.145. The van der Waals surface area contributed by atoms with E-state index in [0.29, 0.717) is 17.5 Å². The highest BCUT2D eigenvalue weighted by atomic mass is 15.1. The molecule has 0 saturated heterocycles. The van der Waals surface area contributed by atoms with Crippen LogP contribution in [-0.2, 0) is 0 Å². The molecular weight excluding hydrogens is 899 g/mol. The van der Waals surface area contributed by atoms with Crippen LogP contribution in [0.1, 0.15) is 0 Å². The Morgan fingerprint density at radius 2 is 0.649 bits per heavy atom. The molecule has 0 saturated carbocycles. The van der Waals surface area contributed by atoms with E-state index in [1.165, 1.54) is 32.8 Å². The molecule has 0 fully saturated rings. The van der Waals surface area contributed by atoms with Gasteiger partial charge in [0.15, 0.2) is 17.5 Å². The van der Waals surface area contributed by atoms with Gasteiger partial charge in [0.1, 0.15) is 0 Å². The topological polar surface area (TPSA) is 48.5 Å². The fraction of sp³-hybridized carbons (Fsp3) is 0. The Labute approximate surface area is 428 Å². The van der Waals surface area contributed by atoms with Crippen molar-refractivity contribution in [2.45, 2.75) is 0 Å². The highest BCUT2D eigenvalue weighted by Crippen LogP contribution is 2.45. The van der Waals surface area contributed by atoms with E-state index in [9.17, 15) is 0 Å². The van der Waals surface area contributed by atoms with Crippen LogP contribution in [0, 0.1) is 0 Å². The molecule has 0 N–H and O–H groups in total. The molecule has 0 atom stereocenters. The van der Waals surface area contributed by atoms with Gasteiger partial charge in [0.05, 0.1) is 27.8 Å². The fourth-order valence-corrected chi connectivity index (χ4v) is 11.0. The van der Waals surface area contributed by atoms with Crippen LogP contribution in [0.2, 0.25) is 0 Å². The fourth-order valence-electron chi connectivity index (χ4n) is 11.0. The summed E-state index contributed by atoms with van der Waals surface area (Å²) in [7, 11) is 0. The van der Waals surface area contributed by atoms with Crippen LogP contribution in [0.4, 0.5) is 0 Å². The van der Waals surface area contributed by atoms with Crippen LogP contribution < -0.4 is 0 Å². The van der Waals surface area contributed by atoms with Gasteiger partial charge in [0.25, 0.3) is 0 Å². The van der Waals surface area contributed by atoms with Crippen LogP contribution in [0.3, 0.4) is 0 Å². The molecule has 0 aliphatic carbocycles. The second-order valence-corrected chi connectivity index (χ2v) is 18.7. The van der Waals surface area contributed by atoms with E-state index < -0.39 is 0 Å². The van der Waals surface area contributed by atoms with Gasteiger partial charge in [-0.25, -0.2) is 15.0 Å². The number of fused-ring (bicyclic) bond motifs is 6. The smallest absolute Gasteiger partial charge is 0.166 e. The molecule has 0 unspecified atom stereocenters. The van der Waals surface area contributed by atoms with Gasteiger partial charge in [0, 0.05) is 43.9 Å². The van der Waals surface area contributed by atoms with Crippen LogP contribution in [-0.4, -0.2) is 24.1 Å². The van der Waals surface area contributed by atoms with Gasteiger partial charge in [0.2, 0.25) is 0 Å². The van der Waals surface area contributed by atoms with Crippen molar-refractivity contribution in [2.75, 3.05) is 0 Å². The van der Waals surface area contributed by atoms with Gasteiger partial charge in [-0.15, -0.1) is 0 Å². The molecule has 0 spiro atoms. The Morgan fingerprint density at radius 3 is 1.32 bits per heavy atom. The molecule has 74 heavy (non-hydrogen) atoms. The molecule has 14 rings (SSSR count). The third-order valence-corrected chi connectivity index (χ3v) is 14.4. The van der Waals surface area contributed by atoms with Crippen molar-refractivity contribution in [3.63, 3.8) is 0 Å². The first-order valence-corrected chi connectivity index (χ1v) is 25.1. The molecule has 3 aromatic heterocycles. The minimum absolute atomic E-state index is 0.585. The zero-order valence-electron chi connectivity index (χ0n) is 40.2. The number of nitrogens with zero attached hydrogens (tertiary/aromatic N) is 5. The van der Waals surface area contributed by atoms with Crippen LogP contribution in [0.15, 0.2) is 273 Å². The summed E-state index contributed by atoms with van der Waals surface area (Å²) in [5, 5.41) is 4.77. The van der Waals surface area contributed by atoms with E-state index in [4.69, 9.17) is 15.0 Å². The minimum atomic E-state index is 0.585. The molecule has 0 bridgehead atoms. The number of para-hydroxylation sites is 3. The largest absolute Gasteiger partial charge is 0.309 e. The molecule has 5 heteroatoms. The van der Waals surface area contributed by atoms with Crippen molar-refractivity contribution in [3.8, 4) is 90.0 Å². The summed E-state index contributed by atoms with van der Waals surface area (Å²) in [5.74, 6) is 1.79. The molecular formula is C69H45N5. The van der Waals surface area contributed by atoms with E-state index >= 15 is 0 Å². The highest BCUT2D eigenvalue weighted by Gasteiger charge is 2.24. The summed E-state index contributed by atoms with van der Waals surface area (Å²) in [4.78, 5) is 16.1. The maximum Gasteiger partial charge on any atom is 0.166 e. The third kappa shape index (κ3) is 7.37. The molecule has 14 aromatic rings. The van der Waals surface area contributed by atoms with Crippen molar-refractivity contribution in [2.24, 2.45) is 0 Å². The van der Waals surface area contributed by atoms with Gasteiger partial charge in [-0.3, -0.25) is 0 Å². The second kappa shape index (κ2) is 18.0. The van der Waals surface area contributed by atoms with Crippen LogP contribution in [0.5, 0.6) is 0 Å².